The molecule has 0 saturated carbocycles. The van der Waals surface area contributed by atoms with Crippen LogP contribution in [0.15, 0.2) is 44.9 Å². The summed E-state index contributed by atoms with van der Waals surface area (Å²) in [4.78, 5) is -0.181. The topological polar surface area (TPSA) is 96.3 Å². The van der Waals surface area contributed by atoms with Gasteiger partial charge in [0.2, 0.25) is 0 Å². The van der Waals surface area contributed by atoms with E-state index in [1.165, 1.54) is 12.1 Å². The molecular formula is C12H14N2O5S. The van der Waals surface area contributed by atoms with E-state index in [1.807, 2.05) is 13.8 Å². The maximum Gasteiger partial charge on any atom is 0.414 e. The second-order valence-corrected chi connectivity index (χ2v) is 6.43. The van der Waals surface area contributed by atoms with Crippen LogP contribution in [0.3, 0.4) is 0 Å². The second kappa shape index (κ2) is 5.49. The smallest absolute Gasteiger partial charge is 0.414 e. The first-order chi connectivity index (χ1) is 9.43. The van der Waals surface area contributed by atoms with Crippen molar-refractivity contribution in [3.05, 3.63) is 35.5 Å². The molecule has 0 saturated heterocycles. The van der Waals surface area contributed by atoms with E-state index in [0.717, 1.165) is 0 Å². The van der Waals surface area contributed by atoms with Crippen LogP contribution in [0.2, 0.25) is 0 Å². The molecule has 7 nitrogen and oxygen atoms in total. The van der Waals surface area contributed by atoms with Gasteiger partial charge in [-0.25, -0.2) is 8.42 Å². The molecule has 0 atom stereocenters. The predicted octanol–water partition coefficient (Wildman–Crippen LogP) is 1.18. The van der Waals surface area contributed by atoms with E-state index < -0.39 is 14.9 Å². The molecular weight excluding hydrogens is 284 g/mol. The third kappa shape index (κ3) is 2.74. The van der Waals surface area contributed by atoms with Crippen molar-refractivity contribution in [2.75, 3.05) is 6.61 Å². The van der Waals surface area contributed by atoms with Crippen molar-refractivity contribution in [3.8, 4) is 5.88 Å². The van der Waals surface area contributed by atoms with E-state index in [2.05, 4.69) is 9.79 Å². The molecule has 20 heavy (non-hydrogen) atoms. The molecule has 0 fully saturated rings. The molecule has 0 bridgehead atoms. The molecule has 0 aliphatic rings. The van der Waals surface area contributed by atoms with Gasteiger partial charge >= 0.3 is 10.9 Å². The predicted molar refractivity (Wildman–Crippen MR) is 67.7 cm³/mol. The van der Waals surface area contributed by atoms with Crippen molar-refractivity contribution in [1.82, 2.24) is 5.16 Å². The number of benzene rings is 1. The zero-order valence-corrected chi connectivity index (χ0v) is 11.8. The number of hydrogen-bond acceptors (Lipinski definition) is 6. The lowest BCUT2D eigenvalue weighted by atomic mass is 10.2. The van der Waals surface area contributed by atoms with Crippen LogP contribution in [0, 0.1) is 11.1 Å². The van der Waals surface area contributed by atoms with Crippen LogP contribution < -0.4 is 9.64 Å². The van der Waals surface area contributed by atoms with Gasteiger partial charge in [0.1, 0.15) is 0 Å². The van der Waals surface area contributed by atoms with Crippen molar-refractivity contribution >= 4 is 9.84 Å². The lowest BCUT2D eigenvalue weighted by molar-refractivity contribution is -0.832. The fourth-order valence-electron chi connectivity index (χ4n) is 1.49. The van der Waals surface area contributed by atoms with Gasteiger partial charge < -0.3 is 9.94 Å². The lowest BCUT2D eigenvalue weighted by Gasteiger charge is -2.04. The summed E-state index contributed by atoms with van der Waals surface area (Å²) in [7, 11) is -4.04. The van der Waals surface area contributed by atoms with Crippen LogP contribution in [-0.2, 0) is 9.84 Å². The normalized spacial score (nSPS) is 11.8. The van der Waals surface area contributed by atoms with Crippen LogP contribution in [0.25, 0.3) is 0 Å². The number of hydrogen-bond donors (Lipinski definition) is 0. The Morgan fingerprint density at radius 3 is 2.60 bits per heavy atom. The molecule has 8 heteroatoms. The van der Waals surface area contributed by atoms with Crippen LogP contribution in [0.5, 0.6) is 5.88 Å². The molecule has 2 aromatic rings. The summed E-state index contributed by atoms with van der Waals surface area (Å²) in [6, 6.07) is 7.56. The molecule has 1 aromatic carbocycles. The molecule has 108 valence electrons. The van der Waals surface area contributed by atoms with E-state index in [0.29, 0.717) is 0 Å². The van der Waals surface area contributed by atoms with Gasteiger partial charge in [-0.05, 0) is 23.0 Å². The second-order valence-electron chi connectivity index (χ2n) is 4.56. The average Bonchev–Trinajstić information content (AvgIpc) is 2.79. The summed E-state index contributed by atoms with van der Waals surface area (Å²) in [5.41, 5.74) is 0. The zero-order chi connectivity index (χ0) is 14.8. The summed E-state index contributed by atoms with van der Waals surface area (Å²) < 4.78 is 34.3. The maximum absolute atomic E-state index is 12.4. The Kier molecular flexibility index (Phi) is 3.93. The minimum atomic E-state index is -4.04. The molecule has 0 radical (unpaired) electrons. The minimum Gasteiger partial charge on any atom is -0.454 e. The van der Waals surface area contributed by atoms with E-state index in [9.17, 15) is 13.6 Å². The van der Waals surface area contributed by atoms with Gasteiger partial charge in [0.25, 0.3) is 9.84 Å². The van der Waals surface area contributed by atoms with E-state index in [1.54, 1.807) is 18.2 Å². The van der Waals surface area contributed by atoms with Crippen LogP contribution >= 0.6 is 0 Å². The number of ether oxygens (including phenoxy) is 1. The van der Waals surface area contributed by atoms with E-state index in [4.69, 9.17) is 4.74 Å². The van der Waals surface area contributed by atoms with Gasteiger partial charge in [-0.3, -0.25) is 4.63 Å². The molecule has 0 aliphatic heterocycles. The van der Waals surface area contributed by atoms with Gasteiger partial charge in [-0.2, -0.15) is 0 Å². The summed E-state index contributed by atoms with van der Waals surface area (Å²) in [5, 5.41) is 14.3. The molecule has 0 unspecified atom stereocenters. The summed E-state index contributed by atoms with van der Waals surface area (Å²) >= 11 is 0. The monoisotopic (exact) mass is 298 g/mol. The first-order valence-electron chi connectivity index (χ1n) is 5.95. The van der Waals surface area contributed by atoms with Crippen molar-refractivity contribution in [1.29, 1.82) is 0 Å². The van der Waals surface area contributed by atoms with Crippen molar-refractivity contribution in [2.45, 2.75) is 23.8 Å². The third-order valence-corrected chi connectivity index (χ3v) is 4.13. The Morgan fingerprint density at radius 1 is 1.35 bits per heavy atom. The Labute approximate surface area is 116 Å². The Morgan fingerprint density at radius 2 is 2.00 bits per heavy atom. The van der Waals surface area contributed by atoms with Gasteiger partial charge in [-0.15, -0.1) is 0 Å². The average molecular weight is 298 g/mol. The number of rotatable bonds is 5. The molecule has 0 amide bonds. The summed E-state index contributed by atoms with van der Waals surface area (Å²) in [5.74, 6) is -0.170. The lowest BCUT2D eigenvalue weighted by Crippen LogP contribution is -2.31. The fourth-order valence-corrected chi connectivity index (χ4v) is 2.78. The van der Waals surface area contributed by atoms with Crippen LogP contribution in [-0.4, -0.2) is 20.2 Å². The quantitative estimate of drug-likeness (QED) is 0.769. The summed E-state index contributed by atoms with van der Waals surface area (Å²) in [6.45, 7) is 4.00. The van der Waals surface area contributed by atoms with E-state index >= 15 is 0 Å². The van der Waals surface area contributed by atoms with Gasteiger partial charge in [0, 0.05) is 0 Å². The van der Waals surface area contributed by atoms with Crippen molar-refractivity contribution in [3.63, 3.8) is 0 Å². The Balaban J connectivity index is 2.44. The first kappa shape index (κ1) is 14.3. The van der Waals surface area contributed by atoms with Crippen LogP contribution in [0.4, 0.5) is 0 Å². The molecule has 1 heterocycles. The third-order valence-electron chi connectivity index (χ3n) is 2.41. The highest BCUT2D eigenvalue weighted by Crippen LogP contribution is 2.25. The van der Waals surface area contributed by atoms with E-state index in [-0.39, 0.29) is 28.2 Å². The standard InChI is InChI=1S/C12H14N2O5S/c1-9(2)8-18-11-12(14(15)19-13-11)20(16,17)10-6-4-3-5-7-10/h3-7,9H,8H2,1-2H3. The number of sulfone groups is 1. The highest BCUT2D eigenvalue weighted by atomic mass is 32.2. The minimum absolute atomic E-state index is 0.0257. The van der Waals surface area contributed by atoms with Gasteiger partial charge in [0.15, 0.2) is 0 Å². The Hall–Kier alpha value is -2.09. The van der Waals surface area contributed by atoms with Crippen molar-refractivity contribution in [2.24, 2.45) is 5.92 Å². The SMILES string of the molecule is CC(C)COc1no[n+]([O-])c1S(=O)(=O)c1ccccc1. The van der Waals surface area contributed by atoms with Crippen LogP contribution in [0.1, 0.15) is 13.8 Å². The highest BCUT2D eigenvalue weighted by Gasteiger charge is 2.35. The first-order valence-corrected chi connectivity index (χ1v) is 7.44. The number of aromatic nitrogens is 2. The molecule has 0 N–H and O–H groups in total. The molecule has 0 aliphatic carbocycles. The molecule has 1 aromatic heterocycles. The number of nitrogens with zero attached hydrogens (tertiary/aromatic N) is 2. The van der Waals surface area contributed by atoms with Gasteiger partial charge in [0.05, 0.1) is 16.7 Å². The van der Waals surface area contributed by atoms with Gasteiger partial charge in [-0.1, -0.05) is 32.0 Å². The largest absolute Gasteiger partial charge is 0.454 e. The molecule has 2 rings (SSSR count). The fraction of sp³-hybridized carbons (Fsp3) is 0.333. The summed E-state index contributed by atoms with van der Waals surface area (Å²) in [6.07, 6.45) is 0. The molecule has 0 spiro atoms. The van der Waals surface area contributed by atoms with Crippen molar-refractivity contribution < 1.29 is 22.7 Å². The zero-order valence-electron chi connectivity index (χ0n) is 11.0. The maximum atomic E-state index is 12.4. The highest BCUT2D eigenvalue weighted by molar-refractivity contribution is 7.91. The Bertz CT molecular complexity index is 679.